The van der Waals surface area contributed by atoms with E-state index in [-0.39, 0.29) is 10.6 Å². The van der Waals surface area contributed by atoms with Crippen molar-refractivity contribution in [2.24, 2.45) is 0 Å². The highest BCUT2D eigenvalue weighted by molar-refractivity contribution is 7.92. The molecule has 0 aliphatic carbocycles. The van der Waals surface area contributed by atoms with Crippen molar-refractivity contribution in [2.75, 3.05) is 11.1 Å². The molecule has 0 unspecified atom stereocenters. The lowest BCUT2D eigenvalue weighted by molar-refractivity contribution is -0.113. The second-order valence-electron chi connectivity index (χ2n) is 5.56. The first-order valence-corrected chi connectivity index (χ1v) is 9.62. The Kier molecular flexibility index (Phi) is 5.19. The van der Waals surface area contributed by atoms with Gasteiger partial charge in [-0.15, -0.1) is 5.10 Å². The Hall–Kier alpha value is -2.85. The van der Waals surface area contributed by atoms with Crippen LogP contribution in [-0.4, -0.2) is 40.3 Å². The SMILES string of the molecule is Cc1nnnn1-c1ccc(F)c(NC(=O)CS(=O)(=O)c2ccc(Cl)cc2)c1. The lowest BCUT2D eigenvalue weighted by atomic mass is 10.2. The number of sulfone groups is 1. The summed E-state index contributed by atoms with van der Waals surface area (Å²) in [6, 6.07) is 9.28. The number of aromatic nitrogens is 4. The van der Waals surface area contributed by atoms with E-state index in [4.69, 9.17) is 11.6 Å². The van der Waals surface area contributed by atoms with Crippen LogP contribution in [0.5, 0.6) is 0 Å². The largest absolute Gasteiger partial charge is 0.323 e. The van der Waals surface area contributed by atoms with Crippen LogP contribution in [-0.2, 0) is 14.6 Å². The van der Waals surface area contributed by atoms with Crippen molar-refractivity contribution in [3.05, 3.63) is 59.1 Å². The van der Waals surface area contributed by atoms with Gasteiger partial charge in [0, 0.05) is 5.02 Å². The lowest BCUT2D eigenvalue weighted by Crippen LogP contribution is -2.23. The standard InChI is InChI=1S/C16H13ClFN5O3S/c1-10-20-21-22-23(10)12-4-7-14(18)15(8-12)19-16(24)9-27(25,26)13-5-2-11(17)3-6-13/h2-8H,9H2,1H3,(H,19,24). The van der Waals surface area contributed by atoms with Gasteiger partial charge in [-0.25, -0.2) is 12.8 Å². The van der Waals surface area contributed by atoms with Crippen LogP contribution in [0.4, 0.5) is 10.1 Å². The Labute approximate surface area is 158 Å². The molecule has 8 nitrogen and oxygen atoms in total. The number of nitrogens with one attached hydrogen (secondary N) is 1. The maximum Gasteiger partial charge on any atom is 0.240 e. The summed E-state index contributed by atoms with van der Waals surface area (Å²) in [4.78, 5) is 12.1. The molecule has 1 heterocycles. The van der Waals surface area contributed by atoms with E-state index in [2.05, 4.69) is 20.8 Å². The van der Waals surface area contributed by atoms with E-state index in [1.807, 2.05) is 0 Å². The zero-order valence-corrected chi connectivity index (χ0v) is 15.5. The summed E-state index contributed by atoms with van der Waals surface area (Å²) in [5.74, 6) is -1.98. The maximum atomic E-state index is 14.0. The first kappa shape index (κ1) is 18.9. The summed E-state index contributed by atoms with van der Waals surface area (Å²) in [5.41, 5.74) is 0.230. The number of carbonyl (C=O) groups excluding carboxylic acids is 1. The molecule has 11 heteroatoms. The number of halogens is 2. The first-order valence-electron chi connectivity index (χ1n) is 7.59. The number of hydrogen-bond donors (Lipinski definition) is 1. The van der Waals surface area contributed by atoms with E-state index in [1.54, 1.807) is 6.92 Å². The van der Waals surface area contributed by atoms with Gasteiger partial charge in [0.15, 0.2) is 15.7 Å². The second-order valence-corrected chi connectivity index (χ2v) is 7.99. The predicted molar refractivity (Wildman–Crippen MR) is 96.0 cm³/mol. The minimum absolute atomic E-state index is 0.0550. The van der Waals surface area contributed by atoms with Crippen LogP contribution in [0.1, 0.15) is 5.82 Å². The highest BCUT2D eigenvalue weighted by Gasteiger charge is 2.20. The van der Waals surface area contributed by atoms with E-state index in [9.17, 15) is 17.6 Å². The average Bonchev–Trinajstić information content (AvgIpc) is 3.03. The number of amides is 1. The van der Waals surface area contributed by atoms with Gasteiger partial charge in [0.2, 0.25) is 5.91 Å². The second kappa shape index (κ2) is 7.41. The topological polar surface area (TPSA) is 107 Å². The molecular weight excluding hydrogens is 397 g/mol. The number of aryl methyl sites for hydroxylation is 1. The van der Waals surface area contributed by atoms with Crippen LogP contribution < -0.4 is 5.32 Å². The third kappa shape index (κ3) is 4.29. The number of tetrazole rings is 1. The molecule has 0 fully saturated rings. The molecule has 0 radical (unpaired) electrons. The Morgan fingerprint density at radius 3 is 2.56 bits per heavy atom. The molecule has 3 aromatic rings. The molecule has 2 aromatic carbocycles. The molecule has 1 aromatic heterocycles. The molecule has 0 aliphatic heterocycles. The zero-order valence-electron chi connectivity index (χ0n) is 13.9. The Morgan fingerprint density at radius 2 is 1.93 bits per heavy atom. The van der Waals surface area contributed by atoms with Crippen molar-refractivity contribution >= 4 is 33.0 Å². The summed E-state index contributed by atoms with van der Waals surface area (Å²) >= 11 is 5.73. The zero-order chi connectivity index (χ0) is 19.6. The van der Waals surface area contributed by atoms with Crippen molar-refractivity contribution in [1.82, 2.24) is 20.2 Å². The van der Waals surface area contributed by atoms with Gasteiger partial charge in [0.05, 0.1) is 16.3 Å². The van der Waals surface area contributed by atoms with Crippen LogP contribution in [0.2, 0.25) is 5.02 Å². The van der Waals surface area contributed by atoms with Gasteiger partial charge >= 0.3 is 0 Å². The molecule has 0 atom stereocenters. The molecule has 3 rings (SSSR count). The van der Waals surface area contributed by atoms with Crippen molar-refractivity contribution in [3.8, 4) is 5.69 Å². The van der Waals surface area contributed by atoms with E-state index in [1.165, 1.54) is 41.1 Å². The number of carbonyl (C=O) groups is 1. The van der Waals surface area contributed by atoms with Crippen LogP contribution in [0.15, 0.2) is 47.4 Å². The third-order valence-corrected chi connectivity index (χ3v) is 5.47. The fraction of sp³-hybridized carbons (Fsp3) is 0.125. The average molecular weight is 410 g/mol. The van der Waals surface area contributed by atoms with Crippen LogP contribution in [0.25, 0.3) is 5.69 Å². The summed E-state index contributed by atoms with van der Waals surface area (Å²) in [7, 11) is -3.90. The van der Waals surface area contributed by atoms with Crippen molar-refractivity contribution in [1.29, 1.82) is 0 Å². The smallest absolute Gasteiger partial charge is 0.240 e. The van der Waals surface area contributed by atoms with Gasteiger partial charge in [-0.1, -0.05) is 11.6 Å². The van der Waals surface area contributed by atoms with Gasteiger partial charge in [-0.2, -0.15) is 4.68 Å². The molecule has 0 aliphatic rings. The molecular formula is C16H13ClFN5O3S. The van der Waals surface area contributed by atoms with Gasteiger partial charge in [-0.3, -0.25) is 4.79 Å². The number of hydrogen-bond acceptors (Lipinski definition) is 6. The van der Waals surface area contributed by atoms with E-state index in [0.717, 1.165) is 6.07 Å². The molecule has 0 saturated carbocycles. The monoisotopic (exact) mass is 409 g/mol. The minimum Gasteiger partial charge on any atom is -0.323 e. The molecule has 27 heavy (non-hydrogen) atoms. The van der Waals surface area contributed by atoms with Crippen LogP contribution in [0, 0.1) is 12.7 Å². The summed E-state index contributed by atoms with van der Waals surface area (Å²) in [6.45, 7) is 1.65. The highest BCUT2D eigenvalue weighted by Crippen LogP contribution is 2.20. The van der Waals surface area contributed by atoms with Crippen LogP contribution >= 0.6 is 11.6 Å². The molecule has 0 bridgehead atoms. The van der Waals surface area contributed by atoms with Gasteiger partial charge in [-0.05, 0) is 59.8 Å². The lowest BCUT2D eigenvalue weighted by Gasteiger charge is -2.10. The Morgan fingerprint density at radius 1 is 1.22 bits per heavy atom. The molecule has 0 spiro atoms. The van der Waals surface area contributed by atoms with Crippen LogP contribution in [0.3, 0.4) is 0 Å². The minimum atomic E-state index is -3.90. The quantitative estimate of drug-likeness (QED) is 0.692. The summed E-state index contributed by atoms with van der Waals surface area (Å²) in [6.07, 6.45) is 0. The van der Waals surface area contributed by atoms with Gasteiger partial charge in [0.1, 0.15) is 11.6 Å². The molecule has 0 saturated heterocycles. The van der Waals surface area contributed by atoms with E-state index >= 15 is 0 Å². The fourth-order valence-corrected chi connectivity index (χ4v) is 3.56. The molecule has 1 amide bonds. The number of anilines is 1. The Bertz CT molecular complexity index is 1100. The number of benzene rings is 2. The summed E-state index contributed by atoms with van der Waals surface area (Å²) in [5, 5.41) is 13.6. The fourth-order valence-electron chi connectivity index (χ4n) is 2.30. The van der Waals surface area contributed by atoms with Crippen molar-refractivity contribution < 1.29 is 17.6 Å². The predicted octanol–water partition coefficient (Wildman–Crippen LogP) is 2.18. The van der Waals surface area contributed by atoms with E-state index in [0.29, 0.717) is 16.5 Å². The number of rotatable bonds is 5. The summed E-state index contributed by atoms with van der Waals surface area (Å²) < 4.78 is 40.0. The highest BCUT2D eigenvalue weighted by atomic mass is 35.5. The van der Waals surface area contributed by atoms with E-state index < -0.39 is 27.3 Å². The van der Waals surface area contributed by atoms with Crippen molar-refractivity contribution in [2.45, 2.75) is 11.8 Å². The van der Waals surface area contributed by atoms with Gasteiger partial charge in [0.25, 0.3) is 0 Å². The van der Waals surface area contributed by atoms with Gasteiger partial charge < -0.3 is 5.32 Å². The molecule has 1 N–H and O–H groups in total. The normalized spacial score (nSPS) is 11.4. The molecule has 140 valence electrons. The third-order valence-electron chi connectivity index (χ3n) is 3.59. The number of nitrogens with zero attached hydrogens (tertiary/aromatic N) is 4. The first-order chi connectivity index (χ1) is 12.8. The maximum absolute atomic E-state index is 14.0. The van der Waals surface area contributed by atoms with Crippen molar-refractivity contribution in [3.63, 3.8) is 0 Å². The Balaban J connectivity index is 1.80.